The van der Waals surface area contributed by atoms with E-state index in [0.29, 0.717) is 16.9 Å². The molecule has 1 saturated heterocycles. The van der Waals surface area contributed by atoms with Gasteiger partial charge in [-0.2, -0.15) is 0 Å². The van der Waals surface area contributed by atoms with Gasteiger partial charge in [-0.25, -0.2) is 14.3 Å². The summed E-state index contributed by atoms with van der Waals surface area (Å²) in [7, 11) is 0. The number of hydrogen-bond donors (Lipinski definition) is 2. The Morgan fingerprint density at radius 2 is 1.45 bits per heavy atom. The minimum Gasteiger partial charge on any atom is -0.386 e. The van der Waals surface area contributed by atoms with Crippen LogP contribution in [0.15, 0.2) is 97.1 Å². The van der Waals surface area contributed by atoms with Gasteiger partial charge in [0.15, 0.2) is 0 Å². The fourth-order valence-corrected chi connectivity index (χ4v) is 4.42. The lowest BCUT2D eigenvalue weighted by Gasteiger charge is -2.40. The second-order valence-electron chi connectivity index (χ2n) is 8.08. The van der Waals surface area contributed by atoms with Crippen molar-refractivity contribution in [2.75, 3.05) is 10.3 Å². The maximum Gasteiger partial charge on any atom is 0.254 e. The minimum absolute atomic E-state index is 0.318. The van der Waals surface area contributed by atoms with E-state index in [0.717, 1.165) is 0 Å². The van der Waals surface area contributed by atoms with Crippen LogP contribution in [0.3, 0.4) is 0 Å². The van der Waals surface area contributed by atoms with Gasteiger partial charge >= 0.3 is 0 Å². The van der Waals surface area contributed by atoms with Gasteiger partial charge in [-0.1, -0.05) is 60.7 Å². The molecule has 1 fully saturated rings. The van der Waals surface area contributed by atoms with E-state index < -0.39 is 29.9 Å². The maximum atomic E-state index is 13.6. The van der Waals surface area contributed by atoms with Crippen LogP contribution in [0, 0.1) is 11.7 Å². The predicted molar refractivity (Wildman–Crippen MR) is 122 cm³/mol. The first-order valence-electron chi connectivity index (χ1n) is 10.7. The fraction of sp³-hybridized carbons (Fsp3) is 0.154. The van der Waals surface area contributed by atoms with Crippen LogP contribution in [0.4, 0.5) is 15.8 Å². The van der Waals surface area contributed by atoms with Crippen molar-refractivity contribution in [1.82, 2.24) is 5.01 Å². The zero-order chi connectivity index (χ0) is 22.9. The van der Waals surface area contributed by atoms with E-state index in [1.165, 1.54) is 29.2 Å². The Labute approximate surface area is 190 Å². The van der Waals surface area contributed by atoms with Crippen molar-refractivity contribution < 1.29 is 19.1 Å². The highest BCUT2D eigenvalue weighted by Gasteiger charge is 2.54. The lowest BCUT2D eigenvalue weighted by atomic mass is 9.90. The lowest BCUT2D eigenvalue weighted by molar-refractivity contribution is -0.123. The summed E-state index contributed by atoms with van der Waals surface area (Å²) in [5.74, 6) is -1.80. The molecule has 0 aromatic heterocycles. The van der Waals surface area contributed by atoms with Gasteiger partial charge in [-0.15, -0.1) is 0 Å². The summed E-state index contributed by atoms with van der Waals surface area (Å²) in [6, 6.07) is 22.1. The number of carbonyl (C=O) groups excluding carboxylic acids is 2. The van der Waals surface area contributed by atoms with Crippen molar-refractivity contribution >= 4 is 23.2 Å². The van der Waals surface area contributed by atoms with Crippen molar-refractivity contribution in [3.8, 4) is 0 Å². The van der Waals surface area contributed by atoms with Gasteiger partial charge in [0.25, 0.3) is 5.91 Å². The molecule has 2 heterocycles. The number of halogens is 1. The quantitative estimate of drug-likeness (QED) is 0.465. The number of amides is 2. The van der Waals surface area contributed by atoms with Gasteiger partial charge in [-0.3, -0.25) is 9.59 Å². The van der Waals surface area contributed by atoms with Gasteiger partial charge in [0, 0.05) is 5.69 Å². The number of aliphatic hydroxyl groups is 1. The number of hydrazine groups is 1. The molecule has 0 saturated carbocycles. The van der Waals surface area contributed by atoms with Crippen molar-refractivity contribution in [3.63, 3.8) is 0 Å². The van der Waals surface area contributed by atoms with E-state index in [4.69, 9.17) is 0 Å². The van der Waals surface area contributed by atoms with Gasteiger partial charge in [-0.05, 0) is 42.0 Å². The topological polar surface area (TPSA) is 72.9 Å². The average molecular weight is 443 g/mol. The monoisotopic (exact) mass is 443 g/mol. The highest BCUT2D eigenvalue weighted by molar-refractivity contribution is 6.24. The third-order valence-electron chi connectivity index (χ3n) is 6.04. The summed E-state index contributed by atoms with van der Waals surface area (Å²) in [5, 5.41) is 12.8. The van der Waals surface area contributed by atoms with Crippen molar-refractivity contribution in [2.24, 2.45) is 5.92 Å². The van der Waals surface area contributed by atoms with Crippen LogP contribution in [-0.4, -0.2) is 34.0 Å². The predicted octanol–water partition coefficient (Wildman–Crippen LogP) is 3.68. The average Bonchev–Trinajstić information content (AvgIpc) is 3.10. The Hall–Kier alpha value is -3.81. The van der Waals surface area contributed by atoms with E-state index in [1.807, 2.05) is 36.4 Å². The Balaban J connectivity index is 1.54. The summed E-state index contributed by atoms with van der Waals surface area (Å²) in [6.45, 7) is 0. The Morgan fingerprint density at radius 3 is 2.12 bits per heavy atom. The number of anilines is 2. The molecule has 5 rings (SSSR count). The number of imide groups is 1. The molecule has 3 aromatic carbocycles. The zero-order valence-electron chi connectivity index (χ0n) is 17.6. The van der Waals surface area contributed by atoms with Crippen LogP contribution in [0.25, 0.3) is 0 Å². The normalized spacial score (nSPS) is 23.5. The molecule has 2 N–H and O–H groups in total. The number of carbonyl (C=O) groups is 2. The summed E-state index contributed by atoms with van der Waals surface area (Å²) in [5.41, 5.74) is 4.95. The lowest BCUT2D eigenvalue weighted by Crippen LogP contribution is -2.55. The highest BCUT2D eigenvalue weighted by Crippen LogP contribution is 2.37. The maximum absolute atomic E-state index is 13.6. The molecule has 4 atom stereocenters. The number of hydrogen-bond acceptors (Lipinski definition) is 5. The molecule has 0 radical (unpaired) electrons. The smallest absolute Gasteiger partial charge is 0.254 e. The minimum atomic E-state index is -1.06. The van der Waals surface area contributed by atoms with Gasteiger partial charge in [0.2, 0.25) is 5.91 Å². The molecule has 0 aliphatic carbocycles. The first-order valence-corrected chi connectivity index (χ1v) is 10.7. The highest BCUT2D eigenvalue weighted by atomic mass is 19.1. The molecule has 166 valence electrons. The number of rotatable bonds is 5. The van der Waals surface area contributed by atoms with Crippen molar-refractivity contribution in [3.05, 3.63) is 108 Å². The SMILES string of the molecule is O=C1C2C=CC(C(O)c3ccc(F)cc3)N(Nc3ccccc3)C2C(=O)N1c1ccccc1. The van der Waals surface area contributed by atoms with Crippen molar-refractivity contribution in [1.29, 1.82) is 0 Å². The fourth-order valence-electron chi connectivity index (χ4n) is 4.42. The molecule has 33 heavy (non-hydrogen) atoms. The third kappa shape index (κ3) is 3.82. The van der Waals surface area contributed by atoms with Crippen LogP contribution in [0.1, 0.15) is 11.7 Å². The number of fused-ring (bicyclic) bond motifs is 1. The van der Waals surface area contributed by atoms with E-state index in [1.54, 1.807) is 41.4 Å². The number of para-hydroxylation sites is 2. The molecular formula is C26H22FN3O3. The largest absolute Gasteiger partial charge is 0.386 e. The molecule has 4 unspecified atom stereocenters. The summed E-state index contributed by atoms with van der Waals surface area (Å²) in [4.78, 5) is 28.0. The molecule has 2 aliphatic heterocycles. The molecule has 3 aromatic rings. The molecule has 0 bridgehead atoms. The molecule has 2 aliphatic rings. The number of aliphatic hydroxyl groups excluding tert-OH is 1. The second kappa shape index (κ2) is 8.61. The van der Waals surface area contributed by atoms with Crippen LogP contribution in [0.2, 0.25) is 0 Å². The van der Waals surface area contributed by atoms with E-state index in [2.05, 4.69) is 5.43 Å². The Bertz CT molecular complexity index is 1180. The standard InChI is InChI=1S/C26H22FN3O3/c27-18-13-11-17(12-14-18)24(31)22-16-15-21-23(30(22)28-19-7-3-1-4-8-19)26(33)29(25(21)32)20-9-5-2-6-10-20/h1-16,21-24,28,31H. The number of benzene rings is 3. The summed E-state index contributed by atoms with van der Waals surface area (Å²) in [6.07, 6.45) is 2.35. The Morgan fingerprint density at radius 1 is 0.818 bits per heavy atom. The van der Waals surface area contributed by atoms with E-state index >= 15 is 0 Å². The van der Waals surface area contributed by atoms with Crippen LogP contribution >= 0.6 is 0 Å². The van der Waals surface area contributed by atoms with E-state index in [9.17, 15) is 19.1 Å². The van der Waals surface area contributed by atoms with Crippen LogP contribution in [0.5, 0.6) is 0 Å². The first-order chi connectivity index (χ1) is 16.0. The number of nitrogens with zero attached hydrogens (tertiary/aromatic N) is 2. The van der Waals surface area contributed by atoms with Gasteiger partial charge in [0.05, 0.1) is 23.8 Å². The van der Waals surface area contributed by atoms with Gasteiger partial charge in [0.1, 0.15) is 11.9 Å². The van der Waals surface area contributed by atoms with Crippen LogP contribution in [-0.2, 0) is 9.59 Å². The first kappa shape index (κ1) is 21.1. The van der Waals surface area contributed by atoms with Crippen LogP contribution < -0.4 is 10.3 Å². The molecule has 2 amide bonds. The zero-order valence-corrected chi connectivity index (χ0v) is 17.6. The third-order valence-corrected chi connectivity index (χ3v) is 6.04. The Kier molecular flexibility index (Phi) is 5.50. The molecule has 0 spiro atoms. The molecular weight excluding hydrogens is 421 g/mol. The van der Waals surface area contributed by atoms with E-state index in [-0.39, 0.29) is 11.8 Å². The van der Waals surface area contributed by atoms with Gasteiger partial charge < -0.3 is 10.5 Å². The second-order valence-corrected chi connectivity index (χ2v) is 8.08. The van der Waals surface area contributed by atoms with Crippen molar-refractivity contribution in [2.45, 2.75) is 18.2 Å². The molecule has 7 heteroatoms. The number of nitrogens with one attached hydrogen (secondary N) is 1. The molecule has 6 nitrogen and oxygen atoms in total. The summed E-state index contributed by atoms with van der Waals surface area (Å²) >= 11 is 0. The summed E-state index contributed by atoms with van der Waals surface area (Å²) < 4.78 is 13.4.